The zero-order valence-corrected chi connectivity index (χ0v) is 10.9. The van der Waals surface area contributed by atoms with Crippen LogP contribution in [0.1, 0.15) is 6.92 Å². The summed E-state index contributed by atoms with van der Waals surface area (Å²) in [6.45, 7) is 2.57. The summed E-state index contributed by atoms with van der Waals surface area (Å²) >= 11 is 0. The minimum Gasteiger partial charge on any atom is -0.481 e. The summed E-state index contributed by atoms with van der Waals surface area (Å²) in [5, 5.41) is 0. The summed E-state index contributed by atoms with van der Waals surface area (Å²) in [4.78, 5) is 6.16. The molecule has 19 heavy (non-hydrogen) atoms. The van der Waals surface area contributed by atoms with Gasteiger partial charge in [-0.2, -0.15) is 4.98 Å². The van der Waals surface area contributed by atoms with Crippen LogP contribution in [0.4, 0.5) is 21.6 Å². The fourth-order valence-corrected chi connectivity index (χ4v) is 1.87. The molecule has 0 aliphatic carbocycles. The number of aromatic nitrogens is 1. The fraction of sp³-hybridized carbons (Fsp3) is 0.214. The van der Waals surface area contributed by atoms with Crippen LogP contribution in [-0.4, -0.2) is 18.6 Å². The van der Waals surface area contributed by atoms with E-state index < -0.39 is 0 Å². The van der Waals surface area contributed by atoms with Gasteiger partial charge in [-0.15, -0.1) is 0 Å². The van der Waals surface area contributed by atoms with E-state index in [0.29, 0.717) is 29.6 Å². The Morgan fingerprint density at radius 2 is 2.11 bits per heavy atom. The molecule has 0 unspecified atom stereocenters. The number of ether oxygens (including phenoxy) is 1. The summed E-state index contributed by atoms with van der Waals surface area (Å²) in [6, 6.07) is 9.74. The van der Waals surface area contributed by atoms with Crippen LogP contribution in [0.15, 0.2) is 36.4 Å². The van der Waals surface area contributed by atoms with Gasteiger partial charge in [-0.3, -0.25) is 0 Å². The molecule has 0 radical (unpaired) electrons. The fourth-order valence-electron chi connectivity index (χ4n) is 1.87. The molecule has 0 fully saturated rings. The predicted molar refractivity (Wildman–Crippen MR) is 74.3 cm³/mol. The monoisotopic (exact) mass is 261 g/mol. The predicted octanol–water partition coefficient (Wildman–Crippen LogP) is 2.97. The molecular weight excluding hydrogens is 245 g/mol. The number of hydrogen-bond acceptors (Lipinski definition) is 4. The van der Waals surface area contributed by atoms with Gasteiger partial charge in [0.2, 0.25) is 5.88 Å². The lowest BCUT2D eigenvalue weighted by atomic mass is 10.2. The van der Waals surface area contributed by atoms with Crippen molar-refractivity contribution in [3.05, 3.63) is 42.2 Å². The van der Waals surface area contributed by atoms with Gasteiger partial charge in [0.1, 0.15) is 5.82 Å². The Morgan fingerprint density at radius 1 is 1.32 bits per heavy atom. The number of anilines is 3. The van der Waals surface area contributed by atoms with Gasteiger partial charge < -0.3 is 15.4 Å². The van der Waals surface area contributed by atoms with Crippen molar-refractivity contribution in [1.29, 1.82) is 0 Å². The van der Waals surface area contributed by atoms with Crippen LogP contribution in [0.25, 0.3) is 0 Å². The molecular formula is C14H16FN3O. The number of nitrogen functional groups attached to an aromatic ring is 1. The average molecular weight is 261 g/mol. The number of halogens is 1. The van der Waals surface area contributed by atoms with Crippen molar-refractivity contribution in [1.82, 2.24) is 4.98 Å². The molecule has 2 N–H and O–H groups in total. The van der Waals surface area contributed by atoms with E-state index in [1.54, 1.807) is 25.3 Å². The highest BCUT2D eigenvalue weighted by Crippen LogP contribution is 2.30. The molecule has 1 heterocycles. The number of benzene rings is 1. The Morgan fingerprint density at radius 3 is 2.74 bits per heavy atom. The highest BCUT2D eigenvalue weighted by atomic mass is 19.1. The third-order valence-electron chi connectivity index (χ3n) is 2.78. The SMILES string of the molecule is CCN(c1cccc(F)c1)c1nc(OC)ccc1N. The molecule has 0 spiro atoms. The van der Waals surface area contributed by atoms with Crippen molar-refractivity contribution in [2.75, 3.05) is 24.3 Å². The van der Waals surface area contributed by atoms with Gasteiger partial charge in [0.05, 0.1) is 12.8 Å². The lowest BCUT2D eigenvalue weighted by Crippen LogP contribution is -2.19. The second-order valence-electron chi connectivity index (χ2n) is 3.99. The van der Waals surface area contributed by atoms with E-state index in [1.165, 1.54) is 12.1 Å². The van der Waals surface area contributed by atoms with Crippen molar-refractivity contribution in [3.8, 4) is 5.88 Å². The molecule has 0 aliphatic heterocycles. The van der Waals surface area contributed by atoms with Crippen LogP contribution in [0.2, 0.25) is 0 Å². The van der Waals surface area contributed by atoms with Crippen molar-refractivity contribution < 1.29 is 9.13 Å². The standard InChI is InChI=1S/C14H16FN3O/c1-3-18(11-6-4-5-10(15)9-11)14-12(16)7-8-13(17-14)19-2/h4-9H,3,16H2,1-2H3. The summed E-state index contributed by atoms with van der Waals surface area (Å²) in [5.74, 6) is 0.740. The summed E-state index contributed by atoms with van der Waals surface area (Å²) < 4.78 is 18.4. The molecule has 0 atom stereocenters. The largest absolute Gasteiger partial charge is 0.481 e. The lowest BCUT2D eigenvalue weighted by Gasteiger charge is -2.23. The first-order valence-corrected chi connectivity index (χ1v) is 5.99. The van der Waals surface area contributed by atoms with Gasteiger partial charge in [-0.05, 0) is 31.2 Å². The smallest absolute Gasteiger partial charge is 0.215 e. The molecule has 0 aliphatic rings. The number of rotatable bonds is 4. The molecule has 0 bridgehead atoms. The zero-order chi connectivity index (χ0) is 13.8. The molecule has 2 aromatic rings. The lowest BCUT2D eigenvalue weighted by molar-refractivity contribution is 0.398. The molecule has 100 valence electrons. The highest BCUT2D eigenvalue weighted by molar-refractivity contribution is 5.71. The van der Waals surface area contributed by atoms with Crippen LogP contribution in [0.3, 0.4) is 0 Å². The topological polar surface area (TPSA) is 51.4 Å². The first-order valence-electron chi connectivity index (χ1n) is 5.99. The first kappa shape index (κ1) is 13.1. The van der Waals surface area contributed by atoms with E-state index in [1.807, 2.05) is 17.9 Å². The Balaban J connectivity index is 2.47. The minimum atomic E-state index is -0.294. The van der Waals surface area contributed by atoms with Gasteiger partial charge in [0.15, 0.2) is 5.82 Å². The van der Waals surface area contributed by atoms with E-state index in [2.05, 4.69) is 4.98 Å². The first-order chi connectivity index (χ1) is 9.15. The van der Waals surface area contributed by atoms with E-state index in [0.717, 1.165) is 0 Å². The second-order valence-corrected chi connectivity index (χ2v) is 3.99. The number of nitrogens with two attached hydrogens (primary N) is 1. The van der Waals surface area contributed by atoms with Crippen molar-refractivity contribution in [3.63, 3.8) is 0 Å². The van der Waals surface area contributed by atoms with Gasteiger partial charge in [0.25, 0.3) is 0 Å². The van der Waals surface area contributed by atoms with Gasteiger partial charge in [0, 0.05) is 18.3 Å². The van der Waals surface area contributed by atoms with E-state index >= 15 is 0 Å². The molecule has 0 saturated carbocycles. The molecule has 0 amide bonds. The Labute approximate surface area is 111 Å². The van der Waals surface area contributed by atoms with E-state index in [4.69, 9.17) is 10.5 Å². The molecule has 4 nitrogen and oxygen atoms in total. The minimum absolute atomic E-state index is 0.294. The average Bonchev–Trinajstić information content (AvgIpc) is 2.42. The highest BCUT2D eigenvalue weighted by Gasteiger charge is 2.13. The Kier molecular flexibility index (Phi) is 3.85. The summed E-state index contributed by atoms with van der Waals surface area (Å²) in [7, 11) is 1.54. The quantitative estimate of drug-likeness (QED) is 0.919. The van der Waals surface area contributed by atoms with Crippen LogP contribution in [-0.2, 0) is 0 Å². The number of hydrogen-bond donors (Lipinski definition) is 1. The van der Waals surface area contributed by atoms with Crippen LogP contribution in [0.5, 0.6) is 5.88 Å². The van der Waals surface area contributed by atoms with E-state index in [9.17, 15) is 4.39 Å². The van der Waals surface area contributed by atoms with Crippen LogP contribution in [0, 0.1) is 5.82 Å². The molecule has 5 heteroatoms. The van der Waals surface area contributed by atoms with Gasteiger partial charge in [-0.1, -0.05) is 6.07 Å². The summed E-state index contributed by atoms with van der Waals surface area (Å²) in [6.07, 6.45) is 0. The molecule has 1 aromatic heterocycles. The number of methoxy groups -OCH3 is 1. The number of pyridine rings is 1. The summed E-state index contributed by atoms with van der Waals surface area (Å²) in [5.41, 5.74) is 7.17. The van der Waals surface area contributed by atoms with Crippen molar-refractivity contribution in [2.45, 2.75) is 6.92 Å². The normalized spacial score (nSPS) is 10.3. The number of nitrogens with zero attached hydrogens (tertiary/aromatic N) is 2. The Bertz CT molecular complexity index is 574. The maximum Gasteiger partial charge on any atom is 0.215 e. The maximum atomic E-state index is 13.3. The molecule has 0 saturated heterocycles. The van der Waals surface area contributed by atoms with Crippen molar-refractivity contribution in [2.24, 2.45) is 0 Å². The van der Waals surface area contributed by atoms with Crippen molar-refractivity contribution >= 4 is 17.2 Å². The maximum absolute atomic E-state index is 13.3. The third kappa shape index (κ3) is 2.76. The molecule has 2 rings (SSSR count). The van der Waals surface area contributed by atoms with E-state index in [-0.39, 0.29) is 5.82 Å². The molecule has 1 aromatic carbocycles. The zero-order valence-electron chi connectivity index (χ0n) is 10.9. The van der Waals surface area contributed by atoms with Gasteiger partial charge in [-0.25, -0.2) is 4.39 Å². The van der Waals surface area contributed by atoms with Gasteiger partial charge >= 0.3 is 0 Å². The van der Waals surface area contributed by atoms with Crippen LogP contribution < -0.4 is 15.4 Å². The Hall–Kier alpha value is -2.30. The van der Waals surface area contributed by atoms with Crippen LogP contribution >= 0.6 is 0 Å². The second kappa shape index (κ2) is 5.56. The third-order valence-corrected chi connectivity index (χ3v) is 2.78.